The Kier molecular flexibility index (Phi) is 7.65. The molecule has 2 fully saturated rings. The number of carbonyl (C=O) groups is 2. The number of aromatic nitrogens is 2. The van der Waals surface area contributed by atoms with Gasteiger partial charge in [0.25, 0.3) is 0 Å². The molecule has 4 rings (SSSR count). The maximum Gasteiger partial charge on any atom is 0.246 e. The number of piperidine rings is 1. The van der Waals surface area contributed by atoms with Crippen molar-refractivity contribution in [2.24, 2.45) is 16.6 Å². The van der Waals surface area contributed by atoms with Crippen molar-refractivity contribution in [2.75, 3.05) is 39.9 Å². The highest BCUT2D eigenvalue weighted by atomic mass is 16.5. The zero-order valence-electron chi connectivity index (χ0n) is 20.1. The summed E-state index contributed by atoms with van der Waals surface area (Å²) in [6.07, 6.45) is 10.7. The minimum absolute atomic E-state index is 0.0626. The Labute approximate surface area is 208 Å². The third kappa shape index (κ3) is 5.08. The maximum atomic E-state index is 12.8. The Morgan fingerprint density at radius 2 is 2.08 bits per heavy atom. The topological polar surface area (TPSA) is 150 Å². The number of fused-ring (bicyclic) bond motifs is 1. The van der Waals surface area contributed by atoms with Gasteiger partial charge in [-0.1, -0.05) is 6.08 Å². The van der Waals surface area contributed by atoms with Crippen molar-refractivity contribution in [2.45, 2.75) is 18.9 Å². The zero-order chi connectivity index (χ0) is 25.7. The monoisotopic (exact) mass is 491 g/mol. The van der Waals surface area contributed by atoms with Crippen molar-refractivity contribution >= 4 is 29.1 Å². The highest BCUT2D eigenvalue weighted by Gasteiger charge is 2.38. The van der Waals surface area contributed by atoms with Gasteiger partial charge in [-0.15, -0.1) is 0 Å². The number of ether oxygens (including phenoxy) is 1. The summed E-state index contributed by atoms with van der Waals surface area (Å²) >= 11 is 0. The van der Waals surface area contributed by atoms with E-state index >= 15 is 0 Å². The fourth-order valence-corrected chi connectivity index (χ4v) is 4.45. The number of hydrogen-bond donors (Lipinski definition) is 2. The second-order valence-corrected chi connectivity index (χ2v) is 8.74. The standard InChI is InChI=1S/C25H29N7O4/c1-36-22-9-17(16-32-24(22)19(11-27)13-29-32)18(10-26)12-28-21-4-6-30(7-5-21)25(35)20-14-31(15-20)23(34)3-2-8-33/h2-3,9-10,12-13,16,20-21,33H,4-8,14-15,26H2,1H3/b3-2+,18-10?,28-12?. The molecule has 11 nitrogen and oxygen atoms in total. The van der Waals surface area contributed by atoms with E-state index in [1.807, 2.05) is 4.90 Å². The number of pyridine rings is 1. The van der Waals surface area contributed by atoms with Crippen molar-refractivity contribution in [3.63, 3.8) is 0 Å². The lowest BCUT2D eigenvalue weighted by Gasteiger charge is -2.41. The number of amides is 2. The minimum Gasteiger partial charge on any atom is -0.494 e. The normalized spacial score (nSPS) is 17.6. The summed E-state index contributed by atoms with van der Waals surface area (Å²) in [7, 11) is 1.54. The Morgan fingerprint density at radius 1 is 1.33 bits per heavy atom. The molecular formula is C25H29N7O4. The second kappa shape index (κ2) is 11.0. The van der Waals surface area contributed by atoms with Gasteiger partial charge in [0, 0.05) is 62.0 Å². The summed E-state index contributed by atoms with van der Waals surface area (Å²) in [5.41, 5.74) is 8.35. The van der Waals surface area contributed by atoms with Gasteiger partial charge in [-0.05, 0) is 18.9 Å². The molecule has 11 heteroatoms. The van der Waals surface area contributed by atoms with Crippen molar-refractivity contribution in [3.05, 3.63) is 47.9 Å². The summed E-state index contributed by atoms with van der Waals surface area (Å²) in [5, 5.41) is 22.3. The predicted molar refractivity (Wildman–Crippen MR) is 133 cm³/mol. The van der Waals surface area contributed by atoms with E-state index in [0.717, 1.165) is 18.4 Å². The third-order valence-corrected chi connectivity index (χ3v) is 6.54. The van der Waals surface area contributed by atoms with E-state index in [1.54, 1.807) is 27.9 Å². The number of nitriles is 1. The van der Waals surface area contributed by atoms with Crippen molar-refractivity contribution in [1.29, 1.82) is 5.26 Å². The van der Waals surface area contributed by atoms with E-state index in [9.17, 15) is 14.9 Å². The summed E-state index contributed by atoms with van der Waals surface area (Å²) in [5.74, 6) is 0.241. The van der Waals surface area contributed by atoms with Gasteiger partial charge in [0.1, 0.15) is 22.9 Å². The van der Waals surface area contributed by atoms with Crippen molar-refractivity contribution < 1.29 is 19.4 Å². The van der Waals surface area contributed by atoms with E-state index in [4.69, 9.17) is 20.6 Å². The molecule has 36 heavy (non-hydrogen) atoms. The number of nitrogens with two attached hydrogens (primary N) is 1. The number of hydrogen-bond acceptors (Lipinski definition) is 8. The van der Waals surface area contributed by atoms with Crippen LogP contribution in [0.2, 0.25) is 0 Å². The van der Waals surface area contributed by atoms with Crippen LogP contribution < -0.4 is 10.5 Å². The van der Waals surface area contributed by atoms with Crippen LogP contribution in [0.25, 0.3) is 11.1 Å². The minimum atomic E-state index is -0.182. The van der Waals surface area contributed by atoms with E-state index in [2.05, 4.69) is 11.2 Å². The number of rotatable bonds is 7. The van der Waals surface area contributed by atoms with Crippen LogP contribution >= 0.6 is 0 Å². The number of methoxy groups -OCH3 is 1. The first-order valence-electron chi connectivity index (χ1n) is 11.7. The molecule has 0 spiro atoms. The van der Waals surface area contributed by atoms with Gasteiger partial charge in [-0.3, -0.25) is 14.6 Å². The van der Waals surface area contributed by atoms with E-state index in [0.29, 0.717) is 48.6 Å². The summed E-state index contributed by atoms with van der Waals surface area (Å²) < 4.78 is 7.06. The van der Waals surface area contributed by atoms with Gasteiger partial charge in [0.05, 0.1) is 31.9 Å². The highest BCUT2D eigenvalue weighted by molar-refractivity contribution is 6.10. The van der Waals surface area contributed by atoms with Gasteiger partial charge >= 0.3 is 0 Å². The molecule has 2 aromatic heterocycles. The molecule has 2 aliphatic heterocycles. The molecule has 2 amide bonds. The smallest absolute Gasteiger partial charge is 0.246 e. The second-order valence-electron chi connectivity index (χ2n) is 8.74. The van der Waals surface area contributed by atoms with E-state index in [-0.39, 0.29) is 30.4 Å². The van der Waals surface area contributed by atoms with Crippen LogP contribution in [-0.2, 0) is 9.59 Å². The molecule has 0 atom stereocenters. The lowest BCUT2D eigenvalue weighted by molar-refractivity contribution is -0.146. The van der Waals surface area contributed by atoms with Crippen LogP contribution in [0, 0.1) is 17.2 Å². The molecule has 3 N–H and O–H groups in total. The number of aliphatic hydroxyl groups excluding tert-OH is 1. The maximum absolute atomic E-state index is 12.8. The molecule has 0 radical (unpaired) electrons. The Balaban J connectivity index is 1.33. The molecular weight excluding hydrogens is 462 g/mol. The van der Waals surface area contributed by atoms with Gasteiger partial charge in [-0.25, -0.2) is 4.52 Å². The van der Waals surface area contributed by atoms with Gasteiger partial charge in [-0.2, -0.15) is 10.4 Å². The van der Waals surface area contributed by atoms with Gasteiger partial charge in [0.15, 0.2) is 0 Å². The van der Waals surface area contributed by atoms with Crippen LogP contribution in [0.4, 0.5) is 0 Å². The molecule has 2 saturated heterocycles. The van der Waals surface area contributed by atoms with Gasteiger partial charge < -0.3 is 25.4 Å². The lowest BCUT2D eigenvalue weighted by atomic mass is 9.96. The Hall–Kier alpha value is -4.17. The quantitative estimate of drug-likeness (QED) is 0.425. The molecule has 0 aromatic carbocycles. The first-order chi connectivity index (χ1) is 17.5. The van der Waals surface area contributed by atoms with Crippen LogP contribution in [0.3, 0.4) is 0 Å². The number of aliphatic hydroxyl groups is 1. The zero-order valence-corrected chi connectivity index (χ0v) is 20.1. The highest BCUT2D eigenvalue weighted by Crippen LogP contribution is 2.27. The fourth-order valence-electron chi connectivity index (χ4n) is 4.45. The van der Waals surface area contributed by atoms with Crippen LogP contribution in [-0.4, -0.2) is 88.5 Å². The lowest BCUT2D eigenvalue weighted by Crippen LogP contribution is -2.57. The number of likely N-dealkylation sites (tertiary alicyclic amines) is 2. The van der Waals surface area contributed by atoms with Crippen LogP contribution in [0.5, 0.6) is 5.75 Å². The molecule has 188 valence electrons. The fraction of sp³-hybridized carbons (Fsp3) is 0.400. The Morgan fingerprint density at radius 3 is 2.72 bits per heavy atom. The molecule has 2 aliphatic rings. The first kappa shape index (κ1) is 24.9. The molecule has 0 saturated carbocycles. The number of aliphatic imine (C=N–C) groups is 1. The SMILES string of the molecule is COc1cc(C(C=NC2CCN(C(=O)C3CN(C(=O)/C=C/CO)C3)CC2)=CN)cn2ncc(C#N)c12. The summed E-state index contributed by atoms with van der Waals surface area (Å²) in [6, 6.07) is 3.97. The van der Waals surface area contributed by atoms with E-state index < -0.39 is 0 Å². The van der Waals surface area contributed by atoms with Crippen molar-refractivity contribution in [3.8, 4) is 11.8 Å². The summed E-state index contributed by atoms with van der Waals surface area (Å²) in [6.45, 7) is 1.87. The molecule has 0 unspecified atom stereocenters. The average molecular weight is 492 g/mol. The van der Waals surface area contributed by atoms with Crippen LogP contribution in [0.1, 0.15) is 24.0 Å². The first-order valence-corrected chi connectivity index (χ1v) is 11.7. The number of allylic oxidation sites excluding steroid dienone is 1. The largest absolute Gasteiger partial charge is 0.494 e. The van der Waals surface area contributed by atoms with Crippen molar-refractivity contribution in [1.82, 2.24) is 19.4 Å². The summed E-state index contributed by atoms with van der Waals surface area (Å²) in [4.78, 5) is 32.8. The molecule has 0 bridgehead atoms. The Bertz CT molecular complexity index is 1260. The average Bonchev–Trinajstić information content (AvgIpc) is 3.30. The molecule has 4 heterocycles. The molecule has 2 aromatic rings. The number of nitrogens with zero attached hydrogens (tertiary/aromatic N) is 6. The van der Waals surface area contributed by atoms with E-state index in [1.165, 1.54) is 31.7 Å². The third-order valence-electron chi connectivity index (χ3n) is 6.54. The molecule has 0 aliphatic carbocycles. The number of carbonyl (C=O) groups excluding carboxylic acids is 2. The van der Waals surface area contributed by atoms with Crippen LogP contribution in [0.15, 0.2) is 41.8 Å². The predicted octanol–water partition coefficient (Wildman–Crippen LogP) is 0.583. The van der Waals surface area contributed by atoms with Gasteiger partial charge in [0.2, 0.25) is 11.8 Å².